The van der Waals surface area contributed by atoms with Crippen LogP contribution in [-0.2, 0) is 4.79 Å². The molecule has 4 heteroatoms. The number of carbonyl (C=O) groups is 2. The summed E-state index contributed by atoms with van der Waals surface area (Å²) in [5, 5.41) is 0. The van der Waals surface area contributed by atoms with E-state index in [0.29, 0.717) is 0 Å². The highest BCUT2D eigenvalue weighted by Crippen LogP contribution is 2.34. The number of hydrogen-bond donors (Lipinski definition) is 0. The molecule has 0 radical (unpaired) electrons. The second-order valence-electron chi connectivity index (χ2n) is 6.60. The fourth-order valence-electron chi connectivity index (χ4n) is 3.71. The molecule has 2 aliphatic carbocycles. The van der Waals surface area contributed by atoms with E-state index in [1.807, 2.05) is 19.9 Å². The van der Waals surface area contributed by atoms with Gasteiger partial charge in [0.05, 0.1) is 0 Å². The van der Waals surface area contributed by atoms with Crippen LogP contribution in [0.5, 0.6) is 0 Å². The fourth-order valence-corrected chi connectivity index (χ4v) is 3.71. The molecule has 114 valence electrons. The molecule has 3 amide bonds. The van der Waals surface area contributed by atoms with Crippen molar-refractivity contribution < 1.29 is 9.59 Å². The van der Waals surface area contributed by atoms with Crippen molar-refractivity contribution in [2.75, 3.05) is 0 Å². The number of rotatable bonds is 3. The van der Waals surface area contributed by atoms with Crippen molar-refractivity contribution in [3.05, 3.63) is 23.9 Å². The first-order chi connectivity index (χ1) is 10.1. The second kappa shape index (κ2) is 5.66. The van der Waals surface area contributed by atoms with Gasteiger partial charge in [0.15, 0.2) is 0 Å². The summed E-state index contributed by atoms with van der Waals surface area (Å²) in [6.07, 6.45) is 12.3. The van der Waals surface area contributed by atoms with Crippen LogP contribution in [0, 0.1) is 5.92 Å². The zero-order valence-electron chi connectivity index (χ0n) is 12.9. The molecular weight excluding hydrogens is 264 g/mol. The van der Waals surface area contributed by atoms with Crippen LogP contribution in [-0.4, -0.2) is 33.8 Å². The quantitative estimate of drug-likeness (QED) is 0.746. The zero-order chi connectivity index (χ0) is 15.0. The summed E-state index contributed by atoms with van der Waals surface area (Å²) in [5.74, 6) is 0.130. The van der Waals surface area contributed by atoms with E-state index in [2.05, 4.69) is 12.2 Å². The molecule has 1 heterocycles. The lowest BCUT2D eigenvalue weighted by molar-refractivity contribution is -0.130. The van der Waals surface area contributed by atoms with Gasteiger partial charge in [0.25, 0.3) is 5.91 Å². The first kappa shape index (κ1) is 14.4. The summed E-state index contributed by atoms with van der Waals surface area (Å²) in [6.45, 7) is 4.04. The van der Waals surface area contributed by atoms with Gasteiger partial charge in [-0.3, -0.25) is 14.6 Å². The van der Waals surface area contributed by atoms with E-state index in [9.17, 15) is 9.59 Å². The summed E-state index contributed by atoms with van der Waals surface area (Å²) >= 11 is 0. The topological polar surface area (TPSA) is 40.6 Å². The summed E-state index contributed by atoms with van der Waals surface area (Å²) in [4.78, 5) is 29.0. The van der Waals surface area contributed by atoms with Crippen molar-refractivity contribution in [1.82, 2.24) is 9.80 Å². The molecule has 0 aromatic carbocycles. The van der Waals surface area contributed by atoms with Gasteiger partial charge in [0.1, 0.15) is 6.04 Å². The Morgan fingerprint density at radius 2 is 1.81 bits per heavy atom. The van der Waals surface area contributed by atoms with Gasteiger partial charge in [-0.15, -0.1) is 0 Å². The van der Waals surface area contributed by atoms with Crippen molar-refractivity contribution in [2.45, 2.75) is 64.5 Å². The Balaban J connectivity index is 1.93. The molecule has 1 saturated heterocycles. The van der Waals surface area contributed by atoms with Crippen molar-refractivity contribution >= 4 is 11.9 Å². The van der Waals surface area contributed by atoms with Crippen molar-refractivity contribution in [3.8, 4) is 0 Å². The van der Waals surface area contributed by atoms with Crippen LogP contribution in [0.3, 0.4) is 0 Å². The Labute approximate surface area is 126 Å². The van der Waals surface area contributed by atoms with Gasteiger partial charge >= 0.3 is 6.03 Å². The van der Waals surface area contributed by atoms with Crippen LogP contribution in [0.4, 0.5) is 4.79 Å². The largest absolute Gasteiger partial charge is 0.332 e. The lowest BCUT2D eigenvalue weighted by Crippen LogP contribution is -2.39. The first-order valence-corrected chi connectivity index (χ1v) is 8.14. The van der Waals surface area contributed by atoms with Gasteiger partial charge in [-0.1, -0.05) is 38.8 Å². The van der Waals surface area contributed by atoms with Gasteiger partial charge in [0.2, 0.25) is 0 Å². The molecule has 1 unspecified atom stereocenters. The minimum absolute atomic E-state index is 0.00164. The number of allylic oxidation sites excluding steroid dienone is 3. The average molecular weight is 288 g/mol. The molecule has 1 saturated carbocycles. The molecule has 0 aromatic heterocycles. The van der Waals surface area contributed by atoms with E-state index < -0.39 is 0 Å². The Hall–Kier alpha value is -1.58. The van der Waals surface area contributed by atoms with E-state index in [0.717, 1.165) is 44.2 Å². The smallest absolute Gasteiger partial charge is 0.282 e. The van der Waals surface area contributed by atoms with Crippen molar-refractivity contribution in [2.24, 2.45) is 5.92 Å². The van der Waals surface area contributed by atoms with Gasteiger partial charge in [-0.25, -0.2) is 4.79 Å². The Morgan fingerprint density at radius 3 is 2.38 bits per heavy atom. The average Bonchev–Trinajstić information content (AvgIpc) is 3.06. The molecule has 1 atom stereocenters. The molecule has 21 heavy (non-hydrogen) atoms. The number of amides is 3. The number of imide groups is 1. The van der Waals surface area contributed by atoms with Crippen LogP contribution in [0.1, 0.15) is 52.4 Å². The first-order valence-electron chi connectivity index (χ1n) is 8.14. The van der Waals surface area contributed by atoms with Crippen LogP contribution < -0.4 is 0 Å². The zero-order valence-corrected chi connectivity index (χ0v) is 12.9. The van der Waals surface area contributed by atoms with Gasteiger partial charge in [0, 0.05) is 11.7 Å². The molecule has 0 spiro atoms. The highest BCUT2D eigenvalue weighted by atomic mass is 16.2. The van der Waals surface area contributed by atoms with Crippen LogP contribution in [0.15, 0.2) is 23.9 Å². The van der Waals surface area contributed by atoms with Crippen LogP contribution in [0.25, 0.3) is 0 Å². The number of hydrogen-bond acceptors (Lipinski definition) is 2. The third kappa shape index (κ3) is 2.41. The lowest BCUT2D eigenvalue weighted by Gasteiger charge is -2.26. The van der Waals surface area contributed by atoms with E-state index in [1.54, 1.807) is 9.80 Å². The van der Waals surface area contributed by atoms with Crippen LogP contribution >= 0.6 is 0 Å². The van der Waals surface area contributed by atoms with Crippen molar-refractivity contribution in [3.63, 3.8) is 0 Å². The molecule has 0 bridgehead atoms. The molecule has 3 rings (SSSR count). The monoisotopic (exact) mass is 288 g/mol. The van der Waals surface area contributed by atoms with E-state index >= 15 is 0 Å². The maximum Gasteiger partial charge on any atom is 0.332 e. The maximum atomic E-state index is 12.9. The normalized spacial score (nSPS) is 27.2. The Bertz CT molecular complexity index is 501. The van der Waals surface area contributed by atoms with Gasteiger partial charge in [-0.05, 0) is 37.7 Å². The highest BCUT2D eigenvalue weighted by molar-refractivity contribution is 6.05. The maximum absolute atomic E-state index is 12.9. The summed E-state index contributed by atoms with van der Waals surface area (Å²) in [5.41, 5.74) is 0.902. The van der Waals surface area contributed by atoms with E-state index in [4.69, 9.17) is 0 Å². The number of carbonyl (C=O) groups excluding carboxylic acids is 2. The van der Waals surface area contributed by atoms with Gasteiger partial charge in [-0.2, -0.15) is 0 Å². The minimum Gasteiger partial charge on any atom is -0.282 e. The SMILES string of the molecule is CC(C)C1C(=O)N(C2CCCC2)C(=O)N1C1=CCCC=C1. The predicted molar refractivity (Wildman–Crippen MR) is 81.4 cm³/mol. The minimum atomic E-state index is -0.341. The Kier molecular flexibility index (Phi) is 3.87. The fraction of sp³-hybridized carbons (Fsp3) is 0.647. The lowest BCUT2D eigenvalue weighted by atomic mass is 10.0. The molecule has 4 nitrogen and oxygen atoms in total. The van der Waals surface area contributed by atoms with Crippen LogP contribution in [0.2, 0.25) is 0 Å². The standard InChI is InChI=1S/C17H24N2O2/c1-12(2)15-16(20)19(14-10-6-7-11-14)17(21)18(15)13-8-4-3-5-9-13/h4,8-9,12,14-15H,3,5-7,10-11H2,1-2H3. The number of urea groups is 1. The van der Waals surface area contributed by atoms with Gasteiger partial charge < -0.3 is 0 Å². The molecule has 0 N–H and O–H groups in total. The third-order valence-corrected chi connectivity index (χ3v) is 4.76. The van der Waals surface area contributed by atoms with Crippen molar-refractivity contribution in [1.29, 1.82) is 0 Å². The molecule has 2 fully saturated rings. The molecule has 1 aliphatic heterocycles. The number of nitrogens with zero attached hydrogens (tertiary/aromatic N) is 2. The van der Waals surface area contributed by atoms with E-state index in [-0.39, 0.29) is 29.9 Å². The summed E-state index contributed by atoms with van der Waals surface area (Å²) < 4.78 is 0. The second-order valence-corrected chi connectivity index (χ2v) is 6.60. The Morgan fingerprint density at radius 1 is 1.10 bits per heavy atom. The molecule has 3 aliphatic rings. The molecular formula is C17H24N2O2. The summed E-state index contributed by atoms with van der Waals surface area (Å²) in [6, 6.07) is -0.333. The predicted octanol–water partition coefficient (Wildman–Crippen LogP) is 3.45. The summed E-state index contributed by atoms with van der Waals surface area (Å²) in [7, 11) is 0. The van der Waals surface area contributed by atoms with E-state index in [1.165, 1.54) is 0 Å². The third-order valence-electron chi connectivity index (χ3n) is 4.76. The molecule has 0 aromatic rings. The highest BCUT2D eigenvalue weighted by Gasteiger charge is 2.50.